The van der Waals surface area contributed by atoms with E-state index in [4.69, 9.17) is 0 Å². The highest BCUT2D eigenvalue weighted by Crippen LogP contribution is 2.30. The van der Waals surface area contributed by atoms with Crippen molar-refractivity contribution in [3.8, 4) is 0 Å². The van der Waals surface area contributed by atoms with Crippen molar-refractivity contribution >= 4 is 22.4 Å². The molecule has 0 radical (unpaired) electrons. The number of anilines is 2. The Kier molecular flexibility index (Phi) is 5.08. The lowest BCUT2D eigenvalue weighted by Crippen LogP contribution is -2.46. The zero-order chi connectivity index (χ0) is 20.5. The van der Waals surface area contributed by atoms with E-state index in [1.54, 1.807) is 24.1 Å². The normalized spacial score (nSPS) is 17.8. The number of fused-ring (bicyclic) bond motifs is 1. The fourth-order valence-electron chi connectivity index (χ4n) is 4.47. The molecule has 3 aromatic rings. The predicted molar refractivity (Wildman–Crippen MR) is 118 cm³/mol. The molecule has 0 aliphatic carbocycles. The highest BCUT2D eigenvalue weighted by Gasteiger charge is 2.21. The molecule has 0 saturated carbocycles. The van der Waals surface area contributed by atoms with Crippen LogP contribution >= 0.6 is 0 Å². The van der Waals surface area contributed by atoms with Gasteiger partial charge in [0.1, 0.15) is 12.1 Å². The van der Waals surface area contributed by atoms with Crippen LogP contribution in [-0.4, -0.2) is 63.7 Å². The molecule has 2 aromatic heterocycles. The number of hydrogen-bond donors (Lipinski definition) is 0. The summed E-state index contributed by atoms with van der Waals surface area (Å²) >= 11 is 0. The van der Waals surface area contributed by atoms with Crippen molar-refractivity contribution in [2.24, 2.45) is 7.05 Å². The Bertz CT molecular complexity index is 1100. The number of nitrogens with zero attached hydrogens (tertiary/aromatic N) is 7. The number of rotatable bonds is 4. The highest BCUT2D eigenvalue weighted by atomic mass is 16.1. The summed E-state index contributed by atoms with van der Waals surface area (Å²) in [6.07, 6.45) is 5.75. The van der Waals surface area contributed by atoms with Crippen LogP contribution in [0.3, 0.4) is 0 Å². The van der Waals surface area contributed by atoms with Crippen molar-refractivity contribution in [1.82, 2.24) is 24.4 Å². The fraction of sp³-hybridized carbons (Fsp3) is 0.455. The molecule has 0 unspecified atom stereocenters. The molecule has 2 aliphatic heterocycles. The minimum absolute atomic E-state index is 0.196. The predicted octanol–water partition coefficient (Wildman–Crippen LogP) is 1.65. The van der Waals surface area contributed by atoms with Gasteiger partial charge in [-0.1, -0.05) is 0 Å². The molecule has 1 aromatic carbocycles. The fourth-order valence-corrected chi connectivity index (χ4v) is 4.47. The van der Waals surface area contributed by atoms with Gasteiger partial charge in [-0.2, -0.15) is 0 Å². The van der Waals surface area contributed by atoms with Crippen LogP contribution in [-0.2, 0) is 13.6 Å². The van der Waals surface area contributed by atoms with E-state index in [9.17, 15) is 4.79 Å². The monoisotopic (exact) mass is 405 g/mol. The van der Waals surface area contributed by atoms with Crippen LogP contribution in [0.2, 0.25) is 0 Å². The molecule has 2 fully saturated rings. The average Bonchev–Trinajstić information content (AvgIpc) is 3.31. The summed E-state index contributed by atoms with van der Waals surface area (Å²) in [5.41, 5.74) is 3.04. The van der Waals surface area contributed by atoms with E-state index >= 15 is 0 Å². The largest absolute Gasteiger partial charge is 0.369 e. The first-order chi connectivity index (χ1) is 14.7. The quantitative estimate of drug-likeness (QED) is 0.654. The second kappa shape index (κ2) is 8.02. The lowest BCUT2D eigenvalue weighted by molar-refractivity contribution is 0.243. The van der Waals surface area contributed by atoms with Crippen LogP contribution in [0.15, 0.2) is 41.6 Å². The molecule has 156 valence electrons. The molecule has 5 rings (SSSR count). The third-order valence-electron chi connectivity index (χ3n) is 6.30. The van der Waals surface area contributed by atoms with Gasteiger partial charge in [0.15, 0.2) is 0 Å². The van der Waals surface area contributed by atoms with Crippen LogP contribution in [0.5, 0.6) is 0 Å². The van der Waals surface area contributed by atoms with Crippen LogP contribution < -0.4 is 15.5 Å². The Morgan fingerprint density at radius 3 is 2.50 bits per heavy atom. The van der Waals surface area contributed by atoms with Gasteiger partial charge in [-0.05, 0) is 37.1 Å². The molecule has 0 bridgehead atoms. The second-order valence-electron chi connectivity index (χ2n) is 8.13. The Labute approximate surface area is 175 Å². The Morgan fingerprint density at radius 1 is 0.900 bits per heavy atom. The maximum atomic E-state index is 11.8. The third-order valence-corrected chi connectivity index (χ3v) is 6.30. The molecule has 0 spiro atoms. The van der Waals surface area contributed by atoms with E-state index in [2.05, 4.69) is 47.9 Å². The molecular formula is C22H27N7O. The summed E-state index contributed by atoms with van der Waals surface area (Å²) in [7, 11) is 1.79. The molecule has 2 saturated heterocycles. The first-order valence-electron chi connectivity index (χ1n) is 10.7. The van der Waals surface area contributed by atoms with E-state index < -0.39 is 0 Å². The van der Waals surface area contributed by atoms with Crippen molar-refractivity contribution in [3.63, 3.8) is 0 Å². The van der Waals surface area contributed by atoms with Crippen molar-refractivity contribution in [2.45, 2.75) is 19.4 Å². The van der Waals surface area contributed by atoms with Crippen LogP contribution in [0.25, 0.3) is 10.9 Å². The number of aromatic nitrogens is 4. The summed E-state index contributed by atoms with van der Waals surface area (Å²) < 4.78 is 1.63. The summed E-state index contributed by atoms with van der Waals surface area (Å²) in [5.74, 6) is 1.07. The maximum absolute atomic E-state index is 11.8. The topological polar surface area (TPSA) is 70.4 Å². The highest BCUT2D eigenvalue weighted by molar-refractivity contribution is 5.92. The molecule has 0 atom stereocenters. The molecule has 8 heteroatoms. The van der Waals surface area contributed by atoms with Gasteiger partial charge < -0.3 is 9.80 Å². The Balaban J connectivity index is 1.31. The minimum Gasteiger partial charge on any atom is -0.369 e. The SMILES string of the molecule is Cn1c(CN2CCN(c3ccc4ncnc(N5CCCC5)c4c3)CC2)ccnc1=O. The van der Waals surface area contributed by atoms with E-state index in [-0.39, 0.29) is 5.69 Å². The van der Waals surface area contributed by atoms with Gasteiger partial charge in [-0.15, -0.1) is 0 Å². The second-order valence-corrected chi connectivity index (χ2v) is 8.13. The number of piperazine rings is 1. The minimum atomic E-state index is -0.196. The number of benzene rings is 1. The molecule has 0 amide bonds. The zero-order valence-electron chi connectivity index (χ0n) is 17.4. The summed E-state index contributed by atoms with van der Waals surface area (Å²) in [4.78, 5) is 31.9. The lowest BCUT2D eigenvalue weighted by Gasteiger charge is -2.36. The Hall–Kier alpha value is -3.00. The van der Waals surface area contributed by atoms with E-state index in [1.165, 1.54) is 18.5 Å². The average molecular weight is 406 g/mol. The summed E-state index contributed by atoms with van der Waals surface area (Å²) in [6, 6.07) is 8.47. The number of hydrogen-bond acceptors (Lipinski definition) is 7. The van der Waals surface area contributed by atoms with Gasteiger partial charge in [-0.25, -0.2) is 19.7 Å². The van der Waals surface area contributed by atoms with E-state index in [1.807, 2.05) is 6.07 Å². The maximum Gasteiger partial charge on any atom is 0.347 e. The van der Waals surface area contributed by atoms with Gasteiger partial charge in [0.25, 0.3) is 0 Å². The van der Waals surface area contributed by atoms with Crippen LogP contribution in [0.4, 0.5) is 11.5 Å². The first-order valence-corrected chi connectivity index (χ1v) is 10.7. The standard InChI is InChI=1S/C22H27N7O/c1-26-18(6-7-23-22(26)30)15-27-10-12-28(13-11-27)17-4-5-20-19(14-17)21(25-16-24-20)29-8-2-3-9-29/h4-7,14,16H,2-3,8-13,15H2,1H3. The molecule has 4 heterocycles. The van der Waals surface area contributed by atoms with Crippen molar-refractivity contribution in [2.75, 3.05) is 49.1 Å². The van der Waals surface area contributed by atoms with Crippen molar-refractivity contribution < 1.29 is 0 Å². The van der Waals surface area contributed by atoms with E-state index in [0.29, 0.717) is 0 Å². The zero-order valence-corrected chi connectivity index (χ0v) is 17.4. The van der Waals surface area contributed by atoms with Crippen molar-refractivity contribution in [3.05, 3.63) is 53.0 Å². The van der Waals surface area contributed by atoms with Crippen LogP contribution in [0, 0.1) is 0 Å². The Morgan fingerprint density at radius 2 is 1.70 bits per heavy atom. The van der Waals surface area contributed by atoms with Gasteiger partial charge in [0.2, 0.25) is 0 Å². The smallest absolute Gasteiger partial charge is 0.347 e. The lowest BCUT2D eigenvalue weighted by atomic mass is 10.1. The van der Waals surface area contributed by atoms with Gasteiger partial charge in [-0.3, -0.25) is 9.47 Å². The third kappa shape index (κ3) is 3.63. The van der Waals surface area contributed by atoms with Gasteiger partial charge in [0.05, 0.1) is 5.52 Å². The van der Waals surface area contributed by atoms with Crippen molar-refractivity contribution in [1.29, 1.82) is 0 Å². The van der Waals surface area contributed by atoms with Crippen LogP contribution in [0.1, 0.15) is 18.5 Å². The first kappa shape index (κ1) is 19.0. The van der Waals surface area contributed by atoms with Gasteiger partial charge in [0, 0.05) is 75.8 Å². The summed E-state index contributed by atoms with van der Waals surface area (Å²) in [6.45, 7) is 6.75. The molecule has 30 heavy (non-hydrogen) atoms. The van der Waals surface area contributed by atoms with Gasteiger partial charge >= 0.3 is 5.69 Å². The molecule has 0 N–H and O–H groups in total. The van der Waals surface area contributed by atoms with E-state index in [0.717, 1.165) is 68.2 Å². The molecular weight excluding hydrogens is 378 g/mol. The molecule has 8 nitrogen and oxygen atoms in total. The summed E-state index contributed by atoms with van der Waals surface area (Å²) in [5, 5.41) is 1.14. The molecule has 2 aliphatic rings.